The lowest BCUT2D eigenvalue weighted by atomic mass is 9.93. The van der Waals surface area contributed by atoms with Gasteiger partial charge in [0.05, 0.1) is 11.7 Å². The first-order valence-electron chi connectivity index (χ1n) is 6.11. The van der Waals surface area contributed by atoms with E-state index in [2.05, 4.69) is 0 Å². The molecule has 0 fully saturated rings. The highest BCUT2D eigenvalue weighted by Crippen LogP contribution is 2.33. The first-order valence-corrected chi connectivity index (χ1v) is 6.11. The summed E-state index contributed by atoms with van der Waals surface area (Å²) in [5.41, 5.74) is 0.406. The molecule has 1 aromatic carbocycles. The van der Waals surface area contributed by atoms with E-state index in [4.69, 9.17) is 0 Å². The maximum atomic E-state index is 12.5. The Morgan fingerprint density at radius 2 is 1.89 bits per heavy atom. The summed E-state index contributed by atoms with van der Waals surface area (Å²) in [6.45, 7) is 5.64. The van der Waals surface area contributed by atoms with E-state index in [1.165, 1.54) is 6.07 Å². The van der Waals surface area contributed by atoms with E-state index in [1.54, 1.807) is 6.92 Å². The van der Waals surface area contributed by atoms with E-state index in [-0.39, 0.29) is 0 Å². The molecule has 0 aliphatic carbocycles. The molecule has 1 N–H and O–H groups in total. The van der Waals surface area contributed by atoms with Crippen LogP contribution in [-0.4, -0.2) is 5.11 Å². The smallest absolute Gasteiger partial charge is 0.388 e. The van der Waals surface area contributed by atoms with Crippen molar-refractivity contribution < 1.29 is 18.3 Å². The predicted octanol–water partition coefficient (Wildman–Crippen LogP) is 4.48. The fourth-order valence-corrected chi connectivity index (χ4v) is 1.90. The van der Waals surface area contributed by atoms with Crippen molar-refractivity contribution in [2.24, 2.45) is 5.92 Å². The average molecular weight is 260 g/mol. The van der Waals surface area contributed by atoms with E-state index in [9.17, 15) is 18.3 Å². The first kappa shape index (κ1) is 15.0. The van der Waals surface area contributed by atoms with Crippen LogP contribution in [0.4, 0.5) is 13.2 Å². The Balaban J connectivity index is 2.92. The van der Waals surface area contributed by atoms with Crippen LogP contribution in [0.2, 0.25) is 0 Å². The summed E-state index contributed by atoms with van der Waals surface area (Å²) in [7, 11) is 0. The van der Waals surface area contributed by atoms with Gasteiger partial charge in [-0.2, -0.15) is 13.2 Å². The average Bonchev–Trinajstić information content (AvgIpc) is 2.27. The molecule has 2 atom stereocenters. The van der Waals surface area contributed by atoms with Crippen LogP contribution in [0.1, 0.15) is 49.5 Å². The number of benzene rings is 1. The highest BCUT2D eigenvalue weighted by Gasteiger charge is 2.31. The van der Waals surface area contributed by atoms with Crippen LogP contribution in [0.25, 0.3) is 0 Å². The number of hydrogen-bond acceptors (Lipinski definition) is 1. The molecule has 1 nitrogen and oxygen atoms in total. The van der Waals surface area contributed by atoms with Gasteiger partial charge < -0.3 is 5.11 Å². The number of aliphatic hydroxyl groups is 1. The van der Waals surface area contributed by atoms with Gasteiger partial charge in [0, 0.05) is 0 Å². The van der Waals surface area contributed by atoms with Crippen molar-refractivity contribution in [3.8, 4) is 0 Å². The second-order valence-electron chi connectivity index (χ2n) is 4.83. The third-order valence-electron chi connectivity index (χ3n) is 3.28. The lowest BCUT2D eigenvalue weighted by Gasteiger charge is -2.18. The third-order valence-corrected chi connectivity index (χ3v) is 3.28. The third kappa shape index (κ3) is 3.73. The summed E-state index contributed by atoms with van der Waals surface area (Å²) in [6, 6.07) is 3.50. The number of alkyl halides is 3. The summed E-state index contributed by atoms with van der Waals surface area (Å²) in [4.78, 5) is 0. The van der Waals surface area contributed by atoms with Crippen molar-refractivity contribution in [2.75, 3.05) is 0 Å². The minimum Gasteiger partial charge on any atom is -0.388 e. The van der Waals surface area contributed by atoms with Gasteiger partial charge in [0.15, 0.2) is 0 Å². The molecule has 1 rings (SSSR count). The molecule has 0 aromatic heterocycles. The Labute approximate surface area is 106 Å². The molecule has 1 aromatic rings. The standard InChI is InChI=1S/C14H19F3O/c1-4-9(2)7-13(18)12-6-5-11(8-10(12)3)14(15,16)17/h5-6,8-9,13,18H,4,7H2,1-3H3. The van der Waals surface area contributed by atoms with E-state index < -0.39 is 17.8 Å². The largest absolute Gasteiger partial charge is 0.416 e. The molecule has 0 aliphatic rings. The predicted molar refractivity (Wildman–Crippen MR) is 65.2 cm³/mol. The zero-order valence-corrected chi connectivity index (χ0v) is 10.9. The maximum Gasteiger partial charge on any atom is 0.416 e. The molecule has 0 saturated heterocycles. The summed E-state index contributed by atoms with van der Waals surface area (Å²) in [5.74, 6) is 0.349. The first-order chi connectivity index (χ1) is 8.25. The molecular weight excluding hydrogens is 241 g/mol. The fourth-order valence-electron chi connectivity index (χ4n) is 1.90. The Hall–Kier alpha value is -1.03. The molecule has 0 bridgehead atoms. The molecule has 0 radical (unpaired) electrons. The number of hydrogen-bond donors (Lipinski definition) is 1. The molecular formula is C14H19F3O. The minimum atomic E-state index is -4.33. The van der Waals surface area contributed by atoms with Crippen LogP contribution in [0, 0.1) is 12.8 Å². The summed E-state index contributed by atoms with van der Waals surface area (Å²) < 4.78 is 37.5. The summed E-state index contributed by atoms with van der Waals surface area (Å²) >= 11 is 0. The van der Waals surface area contributed by atoms with Crippen LogP contribution in [0.5, 0.6) is 0 Å². The molecule has 102 valence electrons. The van der Waals surface area contributed by atoms with Crippen LogP contribution in [0.3, 0.4) is 0 Å². The van der Waals surface area contributed by atoms with Gasteiger partial charge in [-0.3, -0.25) is 0 Å². The Morgan fingerprint density at radius 3 is 2.33 bits per heavy atom. The highest BCUT2D eigenvalue weighted by molar-refractivity contribution is 5.33. The van der Waals surface area contributed by atoms with E-state index >= 15 is 0 Å². The van der Waals surface area contributed by atoms with Crippen LogP contribution >= 0.6 is 0 Å². The lowest BCUT2D eigenvalue weighted by molar-refractivity contribution is -0.137. The Kier molecular flexibility index (Phi) is 4.79. The van der Waals surface area contributed by atoms with Gasteiger partial charge >= 0.3 is 6.18 Å². The molecule has 0 heterocycles. The van der Waals surface area contributed by atoms with E-state index in [0.29, 0.717) is 23.5 Å². The number of aryl methyl sites for hydroxylation is 1. The van der Waals surface area contributed by atoms with Crippen LogP contribution in [0.15, 0.2) is 18.2 Å². The molecule has 0 saturated carbocycles. The van der Waals surface area contributed by atoms with Crippen molar-refractivity contribution in [1.29, 1.82) is 0 Å². The Bertz CT molecular complexity index is 399. The molecule has 2 unspecified atom stereocenters. The normalized spacial score (nSPS) is 15.5. The van der Waals surface area contributed by atoms with Gasteiger partial charge in [0.2, 0.25) is 0 Å². The second-order valence-corrected chi connectivity index (χ2v) is 4.83. The van der Waals surface area contributed by atoms with Crippen molar-refractivity contribution in [3.05, 3.63) is 34.9 Å². The fraction of sp³-hybridized carbons (Fsp3) is 0.571. The van der Waals surface area contributed by atoms with Gasteiger partial charge in [-0.1, -0.05) is 26.3 Å². The van der Waals surface area contributed by atoms with Gasteiger partial charge in [-0.15, -0.1) is 0 Å². The topological polar surface area (TPSA) is 20.2 Å². The summed E-state index contributed by atoms with van der Waals surface area (Å²) in [5, 5.41) is 10.0. The summed E-state index contributed by atoms with van der Waals surface area (Å²) in [6.07, 6.45) is -3.51. The molecule has 4 heteroatoms. The number of aliphatic hydroxyl groups excluding tert-OH is 1. The molecule has 0 amide bonds. The zero-order valence-electron chi connectivity index (χ0n) is 10.9. The molecule has 18 heavy (non-hydrogen) atoms. The van der Waals surface area contributed by atoms with Crippen LogP contribution in [-0.2, 0) is 6.18 Å². The minimum absolute atomic E-state index is 0.349. The van der Waals surface area contributed by atoms with Crippen molar-refractivity contribution in [3.63, 3.8) is 0 Å². The monoisotopic (exact) mass is 260 g/mol. The number of rotatable bonds is 4. The van der Waals surface area contributed by atoms with Gasteiger partial charge in [-0.05, 0) is 42.5 Å². The van der Waals surface area contributed by atoms with Gasteiger partial charge in [0.25, 0.3) is 0 Å². The quantitative estimate of drug-likeness (QED) is 0.846. The SMILES string of the molecule is CCC(C)CC(O)c1ccc(C(F)(F)F)cc1C. The van der Waals surface area contributed by atoms with Gasteiger partial charge in [-0.25, -0.2) is 0 Å². The van der Waals surface area contributed by atoms with Crippen molar-refractivity contribution in [2.45, 2.75) is 45.9 Å². The Morgan fingerprint density at radius 1 is 1.28 bits per heavy atom. The van der Waals surface area contributed by atoms with Crippen molar-refractivity contribution >= 4 is 0 Å². The zero-order chi connectivity index (χ0) is 13.9. The van der Waals surface area contributed by atoms with Crippen molar-refractivity contribution in [1.82, 2.24) is 0 Å². The molecule has 0 aliphatic heterocycles. The van der Waals surface area contributed by atoms with E-state index in [1.807, 2.05) is 13.8 Å². The van der Waals surface area contributed by atoms with E-state index in [0.717, 1.165) is 18.6 Å². The second kappa shape index (κ2) is 5.74. The lowest BCUT2D eigenvalue weighted by Crippen LogP contribution is -2.09. The highest BCUT2D eigenvalue weighted by atomic mass is 19.4. The molecule has 0 spiro atoms. The number of halogens is 3. The van der Waals surface area contributed by atoms with Crippen LogP contribution < -0.4 is 0 Å². The van der Waals surface area contributed by atoms with Gasteiger partial charge in [0.1, 0.15) is 0 Å². The maximum absolute atomic E-state index is 12.5.